The summed E-state index contributed by atoms with van der Waals surface area (Å²) in [6, 6.07) is 22.0. The van der Waals surface area contributed by atoms with Crippen molar-refractivity contribution >= 4 is 48.7 Å². The number of aromatic nitrogens is 4. The van der Waals surface area contributed by atoms with Crippen molar-refractivity contribution < 1.29 is 45.7 Å². The Morgan fingerprint density at radius 3 is 1.80 bits per heavy atom. The van der Waals surface area contributed by atoms with Crippen molar-refractivity contribution in [3.8, 4) is 28.6 Å². The summed E-state index contributed by atoms with van der Waals surface area (Å²) in [6.07, 6.45) is -0.841. The van der Waals surface area contributed by atoms with Crippen LogP contribution in [0.15, 0.2) is 94.7 Å². The Hall–Kier alpha value is -4.87. The predicted octanol–water partition coefficient (Wildman–Crippen LogP) is 4.57. The fourth-order valence-electron chi connectivity index (χ4n) is 5.78. The molecule has 0 radical (unpaired) electrons. The van der Waals surface area contributed by atoms with E-state index in [-0.39, 0.29) is 37.6 Å². The first-order chi connectivity index (χ1) is 28.0. The van der Waals surface area contributed by atoms with Crippen LogP contribution in [0.3, 0.4) is 0 Å². The summed E-state index contributed by atoms with van der Waals surface area (Å²) in [5, 5.41) is 25.0. The molecule has 3 N–H and O–H groups in total. The molecule has 0 unspecified atom stereocenters. The first-order valence-electron chi connectivity index (χ1n) is 18.1. The van der Waals surface area contributed by atoms with Gasteiger partial charge in [-0.3, -0.25) is 0 Å². The van der Waals surface area contributed by atoms with Gasteiger partial charge in [-0.1, -0.05) is 36.4 Å². The molecule has 316 valence electrons. The average Bonchev–Trinajstić information content (AvgIpc) is 3.66. The second-order valence-electron chi connectivity index (χ2n) is 14.1. The maximum atomic E-state index is 15.5. The molecule has 0 aliphatic heterocycles. The van der Waals surface area contributed by atoms with E-state index in [1.807, 2.05) is 22.6 Å². The molecule has 1 atom stereocenters. The van der Waals surface area contributed by atoms with Gasteiger partial charge in [0.2, 0.25) is 20.0 Å². The third-order valence-corrected chi connectivity index (χ3v) is 13.1. The highest BCUT2D eigenvalue weighted by molar-refractivity contribution is 14.1. The van der Waals surface area contributed by atoms with Gasteiger partial charge in [-0.2, -0.15) is 4.31 Å². The summed E-state index contributed by atoms with van der Waals surface area (Å²) < 4.78 is 86.6. The molecule has 0 aliphatic rings. The largest absolute Gasteiger partial charge is 0.497 e. The van der Waals surface area contributed by atoms with Crippen LogP contribution < -0.4 is 24.2 Å². The zero-order chi connectivity index (χ0) is 43.0. The van der Waals surface area contributed by atoms with Gasteiger partial charge in [0.1, 0.15) is 32.6 Å². The third kappa shape index (κ3) is 11.7. The molecular weight excluding hydrogens is 918 g/mol. The molecule has 0 saturated carbocycles. The van der Waals surface area contributed by atoms with Gasteiger partial charge in [0.25, 0.3) is 0 Å². The van der Waals surface area contributed by atoms with Crippen LogP contribution >= 0.6 is 22.6 Å². The van der Waals surface area contributed by atoms with Gasteiger partial charge in [0, 0.05) is 23.2 Å². The van der Waals surface area contributed by atoms with E-state index in [1.165, 1.54) is 31.0 Å². The van der Waals surface area contributed by atoms with Crippen molar-refractivity contribution in [2.75, 3.05) is 34.5 Å². The lowest BCUT2D eigenvalue weighted by atomic mass is 10.2. The van der Waals surface area contributed by atoms with E-state index in [0.717, 1.165) is 9.87 Å². The Labute approximate surface area is 357 Å². The fourth-order valence-corrected chi connectivity index (χ4v) is 10.3. The predicted molar refractivity (Wildman–Crippen MR) is 226 cm³/mol. The summed E-state index contributed by atoms with van der Waals surface area (Å²) in [5.41, 5.74) is 0.985. The van der Waals surface area contributed by atoms with Gasteiger partial charge >= 0.3 is 6.09 Å². The molecule has 5 rings (SSSR count). The fraction of sp³-hybridized carbons (Fsp3) is 0.333. The van der Waals surface area contributed by atoms with Gasteiger partial charge in [0.05, 0.1) is 46.1 Å². The molecular formula is C39H46IN7O10S2. The number of ether oxygens (including phenoxy) is 4. The van der Waals surface area contributed by atoms with Crippen molar-refractivity contribution in [2.24, 2.45) is 0 Å². The minimum atomic E-state index is -4.84. The molecule has 1 amide bonds. The molecule has 4 aromatic carbocycles. The summed E-state index contributed by atoms with van der Waals surface area (Å²) in [4.78, 5) is 11.2. The summed E-state index contributed by atoms with van der Waals surface area (Å²) in [7, 11) is -5.08. The van der Waals surface area contributed by atoms with E-state index in [9.17, 15) is 18.3 Å². The quantitative estimate of drug-likeness (QED) is 0.103. The molecule has 0 spiro atoms. The number of tetrazole rings is 1. The van der Waals surface area contributed by atoms with E-state index in [1.54, 1.807) is 101 Å². The van der Waals surface area contributed by atoms with Crippen LogP contribution in [-0.2, 0) is 44.4 Å². The van der Waals surface area contributed by atoms with Crippen LogP contribution in [0.2, 0.25) is 0 Å². The van der Waals surface area contributed by atoms with Crippen molar-refractivity contribution in [3.63, 3.8) is 0 Å². The first-order valence-corrected chi connectivity index (χ1v) is 22.1. The highest BCUT2D eigenvalue weighted by atomic mass is 127. The number of carbonyl (C=O) groups excluding carboxylic acids is 1. The molecule has 20 heteroatoms. The molecule has 1 aromatic heterocycles. The Kier molecular flexibility index (Phi) is 14.9. The zero-order valence-corrected chi connectivity index (χ0v) is 37.0. The van der Waals surface area contributed by atoms with E-state index in [4.69, 9.17) is 18.9 Å². The number of sulfonamides is 2. The number of nitrogens with zero attached hydrogens (tertiary/aromatic N) is 5. The van der Waals surface area contributed by atoms with E-state index < -0.39 is 54.2 Å². The third-order valence-electron chi connectivity index (χ3n) is 8.67. The number of benzene rings is 4. The van der Waals surface area contributed by atoms with Crippen LogP contribution in [0.5, 0.6) is 17.2 Å². The number of methoxy groups -OCH3 is 3. The number of amides is 1. The number of hydrogen-bond acceptors (Lipinski definition) is 13. The van der Waals surface area contributed by atoms with E-state index in [0.29, 0.717) is 31.9 Å². The van der Waals surface area contributed by atoms with Crippen LogP contribution in [0.1, 0.15) is 37.5 Å². The number of carbonyl (C=O) groups is 1. The smallest absolute Gasteiger partial charge is 0.407 e. The van der Waals surface area contributed by atoms with Gasteiger partial charge in [-0.15, -0.1) is 5.10 Å². The Bertz CT molecular complexity index is 2380. The monoisotopic (exact) mass is 963 g/mol. The maximum absolute atomic E-state index is 15.5. The number of halogens is 1. The molecule has 5 aromatic rings. The van der Waals surface area contributed by atoms with E-state index >= 15 is 8.42 Å². The van der Waals surface area contributed by atoms with E-state index in [2.05, 4.69) is 25.6 Å². The Balaban J connectivity index is 1.69. The molecule has 59 heavy (non-hydrogen) atoms. The van der Waals surface area contributed by atoms with Crippen LogP contribution in [-0.4, -0.2) is 98.7 Å². The lowest BCUT2D eigenvalue weighted by Gasteiger charge is -2.26. The van der Waals surface area contributed by atoms with Gasteiger partial charge < -0.3 is 29.4 Å². The van der Waals surface area contributed by atoms with Crippen molar-refractivity contribution in [1.29, 1.82) is 0 Å². The molecule has 0 aliphatic carbocycles. The van der Waals surface area contributed by atoms with Crippen molar-refractivity contribution in [1.82, 2.24) is 34.6 Å². The summed E-state index contributed by atoms with van der Waals surface area (Å²) in [6.45, 7) is 3.55. The number of rotatable bonds is 18. The van der Waals surface area contributed by atoms with Crippen molar-refractivity contribution in [2.45, 2.75) is 61.8 Å². The molecule has 0 bridgehead atoms. The number of hydrogen-bond donors (Lipinski definition) is 3. The van der Waals surface area contributed by atoms with Gasteiger partial charge in [-0.05, 0) is 119 Å². The normalized spacial score (nSPS) is 12.6. The first kappa shape index (κ1) is 45.2. The SMILES string of the molecule is COc1ccc(CN(Cc2ccc(OC)cc2)S(=O)(=O)c2c(S(=O)(=O)N[C@@H](CO)CNC(=O)OC(C)(C)C)ccc(I)c2-c2nnnn2Cc2ccc(OC)cc2)cc1. The van der Waals surface area contributed by atoms with Crippen LogP contribution in [0.25, 0.3) is 11.4 Å². The minimum absolute atomic E-state index is 0.0278. The number of aliphatic hydroxyl groups excluding tert-OH is 1. The molecule has 17 nitrogen and oxygen atoms in total. The molecule has 0 saturated heterocycles. The highest BCUT2D eigenvalue weighted by Crippen LogP contribution is 2.38. The Morgan fingerprint density at radius 2 is 1.32 bits per heavy atom. The topological polar surface area (TPSA) is 213 Å². The van der Waals surface area contributed by atoms with Crippen LogP contribution in [0, 0.1) is 3.57 Å². The summed E-state index contributed by atoms with van der Waals surface area (Å²) >= 11 is 1.93. The highest BCUT2D eigenvalue weighted by Gasteiger charge is 2.38. The van der Waals surface area contributed by atoms with Gasteiger partial charge in [0.15, 0.2) is 5.82 Å². The van der Waals surface area contributed by atoms with Crippen LogP contribution in [0.4, 0.5) is 4.79 Å². The number of aliphatic hydroxyl groups is 1. The second-order valence-corrected chi connectivity index (χ2v) is 18.8. The number of nitrogens with one attached hydrogen (secondary N) is 2. The standard InChI is InChI=1S/C39H46IN7O10S2/c1-39(2,3)57-38(49)41-21-29(25-48)43-58(50,51)34-20-19-33(40)35(37-42-44-45-47(37)24-28-11-17-32(56-6)18-12-28)36(34)59(52,53)46(22-26-7-13-30(54-4)14-8-26)23-27-9-15-31(55-5)16-10-27/h7-20,29,43,48H,21-25H2,1-6H3,(H,41,49)/t29-/m1/s1. The molecule has 1 heterocycles. The lowest BCUT2D eigenvalue weighted by Crippen LogP contribution is -2.47. The Morgan fingerprint density at radius 1 is 0.814 bits per heavy atom. The number of alkyl carbamates (subject to hydrolysis) is 1. The van der Waals surface area contributed by atoms with Gasteiger partial charge in [-0.25, -0.2) is 31.0 Å². The lowest BCUT2D eigenvalue weighted by molar-refractivity contribution is 0.0519. The summed E-state index contributed by atoms with van der Waals surface area (Å²) in [5.74, 6) is 1.71. The maximum Gasteiger partial charge on any atom is 0.407 e. The zero-order valence-electron chi connectivity index (χ0n) is 33.2. The minimum Gasteiger partial charge on any atom is -0.497 e. The van der Waals surface area contributed by atoms with Crippen molar-refractivity contribution in [3.05, 3.63) is 105 Å². The molecule has 0 fully saturated rings. The second kappa shape index (κ2) is 19.5. The average molecular weight is 964 g/mol.